The first-order valence-corrected chi connectivity index (χ1v) is 5.63. The normalized spacial score (nSPS) is 11.0. The zero-order chi connectivity index (χ0) is 12.7. The molecule has 0 amide bonds. The van der Waals surface area contributed by atoms with Crippen LogP contribution in [0.3, 0.4) is 0 Å². The van der Waals surface area contributed by atoms with E-state index in [0.29, 0.717) is 5.82 Å². The van der Waals surface area contributed by atoms with Crippen LogP contribution in [0.2, 0.25) is 0 Å². The number of ether oxygens (including phenoxy) is 1. The number of fused-ring (bicyclic) bond motifs is 1. The Labute approximate surface area is 104 Å². The Morgan fingerprint density at radius 2 is 2.17 bits per heavy atom. The lowest BCUT2D eigenvalue weighted by Crippen LogP contribution is -1.93. The second-order valence-electron chi connectivity index (χ2n) is 4.20. The van der Waals surface area contributed by atoms with E-state index in [-0.39, 0.29) is 0 Å². The largest absolute Gasteiger partial charge is 0.496 e. The highest BCUT2D eigenvalue weighted by Crippen LogP contribution is 2.39. The van der Waals surface area contributed by atoms with Crippen molar-refractivity contribution in [3.63, 3.8) is 0 Å². The number of hydrogen-bond donors (Lipinski definition) is 2. The number of nitrogen functional groups attached to an aromatic ring is 1. The maximum atomic E-state index is 5.91. The zero-order valence-corrected chi connectivity index (χ0v) is 10.3. The average Bonchev–Trinajstić information content (AvgIpc) is 2.95. The number of aromatic nitrogens is 3. The first-order chi connectivity index (χ1) is 8.72. The molecule has 3 aromatic rings. The molecule has 2 heterocycles. The third-order valence-electron chi connectivity index (χ3n) is 3.19. The minimum atomic E-state index is 0.546. The molecule has 0 bridgehead atoms. The van der Waals surface area contributed by atoms with Crippen molar-refractivity contribution < 1.29 is 4.74 Å². The van der Waals surface area contributed by atoms with Gasteiger partial charge >= 0.3 is 0 Å². The molecule has 3 N–H and O–H groups in total. The monoisotopic (exact) mass is 242 g/mol. The van der Waals surface area contributed by atoms with Crippen molar-refractivity contribution in [2.75, 3.05) is 12.8 Å². The molecule has 0 aliphatic heterocycles. The first-order valence-electron chi connectivity index (χ1n) is 5.63. The molecule has 1 aromatic carbocycles. The van der Waals surface area contributed by atoms with Crippen LogP contribution in [-0.2, 0) is 7.05 Å². The molecule has 0 unspecified atom stereocenters. The molecule has 0 spiro atoms. The van der Waals surface area contributed by atoms with Gasteiger partial charge < -0.3 is 15.0 Å². The number of nitrogens with zero attached hydrogens (tertiary/aromatic N) is 2. The molecule has 0 aliphatic carbocycles. The van der Waals surface area contributed by atoms with Crippen molar-refractivity contribution in [1.82, 2.24) is 14.8 Å². The van der Waals surface area contributed by atoms with Crippen LogP contribution in [0.15, 0.2) is 30.6 Å². The Hall–Kier alpha value is -2.43. The number of nitrogens with one attached hydrogen (secondary N) is 1. The summed E-state index contributed by atoms with van der Waals surface area (Å²) in [6, 6.07) is 6.04. The second kappa shape index (κ2) is 3.80. The maximum absolute atomic E-state index is 5.91. The molecule has 0 atom stereocenters. The van der Waals surface area contributed by atoms with Crippen LogP contribution in [0.1, 0.15) is 0 Å². The number of rotatable bonds is 2. The van der Waals surface area contributed by atoms with Crippen molar-refractivity contribution in [3.8, 4) is 16.9 Å². The summed E-state index contributed by atoms with van der Waals surface area (Å²) in [5.74, 6) is 1.34. The number of hydrogen-bond acceptors (Lipinski definition) is 3. The summed E-state index contributed by atoms with van der Waals surface area (Å²) in [5, 5.41) is 7.83. The Morgan fingerprint density at radius 3 is 2.83 bits per heavy atom. The molecule has 0 aliphatic rings. The van der Waals surface area contributed by atoms with E-state index in [1.165, 1.54) is 0 Å². The SMILES string of the molecule is COc1ccc2c(ccn2C)c1-c1cn[nH]c1N. The lowest BCUT2D eigenvalue weighted by atomic mass is 10.0. The minimum Gasteiger partial charge on any atom is -0.496 e. The molecule has 0 fully saturated rings. The molecular weight excluding hydrogens is 228 g/mol. The lowest BCUT2D eigenvalue weighted by Gasteiger charge is -2.09. The molecule has 2 aromatic heterocycles. The molecule has 5 heteroatoms. The van der Waals surface area contributed by atoms with Gasteiger partial charge in [0.15, 0.2) is 0 Å². The average molecular weight is 242 g/mol. The highest BCUT2D eigenvalue weighted by molar-refractivity contribution is 6.00. The van der Waals surface area contributed by atoms with Crippen LogP contribution >= 0.6 is 0 Å². The molecule has 18 heavy (non-hydrogen) atoms. The van der Waals surface area contributed by atoms with E-state index in [2.05, 4.69) is 20.8 Å². The number of benzene rings is 1. The summed E-state index contributed by atoms with van der Waals surface area (Å²) in [6.07, 6.45) is 3.74. The minimum absolute atomic E-state index is 0.546. The summed E-state index contributed by atoms with van der Waals surface area (Å²) < 4.78 is 7.50. The molecular formula is C13H14N4O. The standard InChI is InChI=1S/C13H14N4O/c1-17-6-5-8-10(17)3-4-11(18-2)12(8)9-7-15-16-13(9)14/h3-7H,1-2H3,(H3,14,15,16). The highest BCUT2D eigenvalue weighted by Gasteiger charge is 2.15. The van der Waals surface area contributed by atoms with Crippen molar-refractivity contribution in [2.45, 2.75) is 0 Å². The summed E-state index contributed by atoms with van der Waals surface area (Å²) in [7, 11) is 3.67. The molecule has 0 saturated carbocycles. The van der Waals surface area contributed by atoms with Crippen LogP contribution in [-0.4, -0.2) is 21.9 Å². The van der Waals surface area contributed by atoms with E-state index in [9.17, 15) is 0 Å². The zero-order valence-electron chi connectivity index (χ0n) is 10.3. The molecule has 0 saturated heterocycles. The molecule has 3 rings (SSSR count). The molecule has 0 radical (unpaired) electrons. The van der Waals surface area contributed by atoms with Gasteiger partial charge in [-0.15, -0.1) is 0 Å². The van der Waals surface area contributed by atoms with Gasteiger partial charge in [-0.1, -0.05) is 0 Å². The number of H-pyrrole nitrogens is 1. The number of anilines is 1. The van der Waals surface area contributed by atoms with E-state index < -0.39 is 0 Å². The summed E-state index contributed by atoms with van der Waals surface area (Å²) in [4.78, 5) is 0. The fraction of sp³-hybridized carbons (Fsp3) is 0.154. The lowest BCUT2D eigenvalue weighted by molar-refractivity contribution is 0.417. The Bertz CT molecular complexity index is 711. The quantitative estimate of drug-likeness (QED) is 0.723. The van der Waals surface area contributed by atoms with Crippen LogP contribution in [0.4, 0.5) is 5.82 Å². The first kappa shape index (κ1) is 10.7. The fourth-order valence-electron chi connectivity index (χ4n) is 2.27. The van der Waals surface area contributed by atoms with Crippen LogP contribution in [0.5, 0.6) is 5.75 Å². The number of methoxy groups -OCH3 is 1. The van der Waals surface area contributed by atoms with Crippen molar-refractivity contribution in [2.24, 2.45) is 7.05 Å². The van der Waals surface area contributed by atoms with Crippen LogP contribution < -0.4 is 10.5 Å². The number of aromatic amines is 1. The Morgan fingerprint density at radius 1 is 1.33 bits per heavy atom. The van der Waals surface area contributed by atoms with Gasteiger partial charge in [-0.3, -0.25) is 5.10 Å². The van der Waals surface area contributed by atoms with E-state index in [4.69, 9.17) is 10.5 Å². The van der Waals surface area contributed by atoms with E-state index in [0.717, 1.165) is 27.8 Å². The fourth-order valence-corrected chi connectivity index (χ4v) is 2.27. The van der Waals surface area contributed by atoms with Gasteiger partial charge in [0.2, 0.25) is 0 Å². The Kier molecular flexibility index (Phi) is 2.26. The van der Waals surface area contributed by atoms with Gasteiger partial charge in [-0.25, -0.2) is 0 Å². The summed E-state index contributed by atoms with van der Waals surface area (Å²) >= 11 is 0. The van der Waals surface area contributed by atoms with E-state index >= 15 is 0 Å². The van der Waals surface area contributed by atoms with Gasteiger partial charge in [0, 0.05) is 35.3 Å². The van der Waals surface area contributed by atoms with Gasteiger partial charge in [0.1, 0.15) is 11.6 Å². The second-order valence-corrected chi connectivity index (χ2v) is 4.20. The number of nitrogens with two attached hydrogens (primary N) is 1. The van der Waals surface area contributed by atoms with E-state index in [1.807, 2.05) is 25.4 Å². The van der Waals surface area contributed by atoms with Gasteiger partial charge in [0.25, 0.3) is 0 Å². The predicted molar refractivity (Wildman–Crippen MR) is 71.5 cm³/mol. The molecule has 92 valence electrons. The predicted octanol–water partition coefficient (Wildman–Crippen LogP) is 2.16. The van der Waals surface area contributed by atoms with Crippen LogP contribution in [0.25, 0.3) is 22.0 Å². The van der Waals surface area contributed by atoms with E-state index in [1.54, 1.807) is 13.3 Å². The summed E-state index contributed by atoms with van der Waals surface area (Å²) in [5.41, 5.74) is 8.88. The maximum Gasteiger partial charge on any atom is 0.127 e. The highest BCUT2D eigenvalue weighted by atomic mass is 16.5. The van der Waals surface area contributed by atoms with Gasteiger partial charge in [0.05, 0.1) is 13.3 Å². The summed E-state index contributed by atoms with van der Waals surface area (Å²) in [6.45, 7) is 0. The molecule has 5 nitrogen and oxygen atoms in total. The van der Waals surface area contributed by atoms with Gasteiger partial charge in [-0.05, 0) is 18.2 Å². The van der Waals surface area contributed by atoms with Crippen molar-refractivity contribution in [1.29, 1.82) is 0 Å². The Balaban J connectivity index is 2.41. The third-order valence-corrected chi connectivity index (χ3v) is 3.19. The third kappa shape index (κ3) is 1.37. The smallest absolute Gasteiger partial charge is 0.127 e. The number of aryl methyl sites for hydroxylation is 1. The van der Waals surface area contributed by atoms with Crippen molar-refractivity contribution >= 4 is 16.7 Å². The van der Waals surface area contributed by atoms with Crippen molar-refractivity contribution in [3.05, 3.63) is 30.6 Å². The topological polar surface area (TPSA) is 68.9 Å². The van der Waals surface area contributed by atoms with Gasteiger partial charge in [-0.2, -0.15) is 5.10 Å². The van der Waals surface area contributed by atoms with Crippen LogP contribution in [0, 0.1) is 0 Å².